The van der Waals surface area contributed by atoms with Gasteiger partial charge in [-0.05, 0) is 30.7 Å². The molecule has 2 heterocycles. The van der Waals surface area contributed by atoms with E-state index in [1.165, 1.54) is 10.2 Å². The van der Waals surface area contributed by atoms with Crippen LogP contribution in [-0.2, 0) is 6.54 Å². The van der Waals surface area contributed by atoms with Gasteiger partial charge in [0.1, 0.15) is 0 Å². The summed E-state index contributed by atoms with van der Waals surface area (Å²) in [5, 5.41) is 4.42. The number of anilines is 1. The summed E-state index contributed by atoms with van der Waals surface area (Å²) in [5.74, 6) is 0. The van der Waals surface area contributed by atoms with E-state index in [-0.39, 0.29) is 0 Å². The Kier molecular flexibility index (Phi) is 3.48. The topological polar surface area (TPSA) is 42.7 Å². The van der Waals surface area contributed by atoms with Gasteiger partial charge in [0.15, 0.2) is 5.13 Å². The zero-order valence-electron chi connectivity index (χ0n) is 12.1. The molecular weight excluding hydrogens is 292 g/mol. The van der Waals surface area contributed by atoms with Crippen molar-refractivity contribution in [2.24, 2.45) is 0 Å². The zero-order valence-corrected chi connectivity index (χ0v) is 12.9. The molecule has 110 valence electrons. The van der Waals surface area contributed by atoms with Gasteiger partial charge in [-0.15, -0.1) is 0 Å². The number of thiazole rings is 1. The van der Waals surface area contributed by atoms with Crippen molar-refractivity contribution in [3.05, 3.63) is 54.9 Å². The molecule has 1 N–H and O–H groups in total. The molecule has 0 atom stereocenters. The highest BCUT2D eigenvalue weighted by molar-refractivity contribution is 7.22. The first kappa shape index (κ1) is 13.3. The van der Waals surface area contributed by atoms with Crippen LogP contribution in [0.15, 0.2) is 54.9 Å². The molecule has 0 saturated carbocycles. The van der Waals surface area contributed by atoms with Gasteiger partial charge >= 0.3 is 0 Å². The number of imidazole rings is 1. The van der Waals surface area contributed by atoms with E-state index in [2.05, 4.69) is 50.2 Å². The van der Waals surface area contributed by atoms with Crippen LogP contribution in [0.1, 0.15) is 6.42 Å². The molecule has 0 bridgehead atoms. The highest BCUT2D eigenvalue weighted by Gasteiger charge is 2.03. The molecule has 2 aromatic carbocycles. The summed E-state index contributed by atoms with van der Waals surface area (Å²) in [5.41, 5.74) is 3.32. The van der Waals surface area contributed by atoms with Crippen molar-refractivity contribution in [3.63, 3.8) is 0 Å². The predicted molar refractivity (Wildman–Crippen MR) is 92.5 cm³/mol. The largest absolute Gasteiger partial charge is 0.361 e. The molecule has 0 unspecified atom stereocenters. The molecule has 0 spiro atoms. The number of hydrogen-bond acceptors (Lipinski definition) is 4. The van der Waals surface area contributed by atoms with Crippen molar-refractivity contribution in [2.75, 3.05) is 11.9 Å². The van der Waals surface area contributed by atoms with Gasteiger partial charge in [-0.3, -0.25) is 0 Å². The Balaban J connectivity index is 1.37. The number of aromatic nitrogens is 3. The van der Waals surface area contributed by atoms with Crippen molar-refractivity contribution in [1.29, 1.82) is 0 Å². The molecule has 0 aliphatic rings. The van der Waals surface area contributed by atoms with Crippen LogP contribution in [0.2, 0.25) is 0 Å². The lowest BCUT2D eigenvalue weighted by Crippen LogP contribution is -2.05. The second-order valence-corrected chi connectivity index (χ2v) is 6.22. The molecular formula is C17H16N4S. The molecule has 0 aliphatic heterocycles. The fourth-order valence-electron chi connectivity index (χ4n) is 2.58. The Hall–Kier alpha value is -2.40. The van der Waals surface area contributed by atoms with Gasteiger partial charge < -0.3 is 9.88 Å². The van der Waals surface area contributed by atoms with Crippen molar-refractivity contribution in [3.8, 4) is 0 Å². The third-order valence-corrected chi connectivity index (χ3v) is 4.67. The number of nitrogens with zero attached hydrogens (tertiary/aromatic N) is 3. The average molecular weight is 308 g/mol. The van der Waals surface area contributed by atoms with Gasteiger partial charge in [-0.1, -0.05) is 35.6 Å². The molecule has 22 heavy (non-hydrogen) atoms. The van der Waals surface area contributed by atoms with E-state index in [0.29, 0.717) is 0 Å². The molecule has 2 aromatic heterocycles. The van der Waals surface area contributed by atoms with Crippen LogP contribution in [-0.4, -0.2) is 21.1 Å². The third-order valence-electron chi connectivity index (χ3n) is 3.67. The van der Waals surface area contributed by atoms with E-state index in [0.717, 1.165) is 35.7 Å². The first-order valence-electron chi connectivity index (χ1n) is 7.39. The van der Waals surface area contributed by atoms with Crippen LogP contribution in [0.25, 0.3) is 21.3 Å². The number of aryl methyl sites for hydroxylation is 1. The van der Waals surface area contributed by atoms with Crippen LogP contribution in [0, 0.1) is 0 Å². The minimum atomic E-state index is 0.909. The number of hydrogen-bond donors (Lipinski definition) is 1. The molecule has 0 aliphatic carbocycles. The van der Waals surface area contributed by atoms with Gasteiger partial charge in [-0.25, -0.2) is 9.97 Å². The SMILES string of the molecule is c1ccc2sc(NCCCn3cnc4ccccc43)nc2c1. The second kappa shape index (κ2) is 5.77. The minimum Gasteiger partial charge on any atom is -0.361 e. The maximum atomic E-state index is 4.59. The number of rotatable bonds is 5. The van der Waals surface area contributed by atoms with Crippen molar-refractivity contribution in [1.82, 2.24) is 14.5 Å². The van der Waals surface area contributed by atoms with E-state index in [1.54, 1.807) is 11.3 Å². The monoisotopic (exact) mass is 308 g/mol. The number of benzene rings is 2. The van der Waals surface area contributed by atoms with E-state index >= 15 is 0 Å². The molecule has 4 aromatic rings. The van der Waals surface area contributed by atoms with Crippen LogP contribution in [0.4, 0.5) is 5.13 Å². The highest BCUT2D eigenvalue weighted by atomic mass is 32.1. The lowest BCUT2D eigenvalue weighted by molar-refractivity contribution is 0.677. The van der Waals surface area contributed by atoms with Crippen molar-refractivity contribution < 1.29 is 0 Å². The summed E-state index contributed by atoms with van der Waals surface area (Å²) in [4.78, 5) is 9.00. The standard InChI is InChI=1S/C17H16N4S/c1-3-8-15-13(6-1)19-12-21(15)11-5-10-18-17-20-14-7-2-4-9-16(14)22-17/h1-4,6-9,12H,5,10-11H2,(H,18,20). The Labute approximate surface area is 132 Å². The molecule has 0 radical (unpaired) electrons. The number of nitrogens with one attached hydrogen (secondary N) is 1. The minimum absolute atomic E-state index is 0.909. The Morgan fingerprint density at radius 1 is 1.00 bits per heavy atom. The number of fused-ring (bicyclic) bond motifs is 2. The Bertz CT molecular complexity index is 876. The Morgan fingerprint density at radius 3 is 2.73 bits per heavy atom. The van der Waals surface area contributed by atoms with Crippen LogP contribution < -0.4 is 5.32 Å². The van der Waals surface area contributed by atoms with E-state index in [1.807, 2.05) is 24.5 Å². The van der Waals surface area contributed by atoms with Gasteiger partial charge in [0.2, 0.25) is 0 Å². The summed E-state index contributed by atoms with van der Waals surface area (Å²) < 4.78 is 3.43. The molecule has 0 amide bonds. The first-order chi connectivity index (χ1) is 10.9. The summed E-state index contributed by atoms with van der Waals surface area (Å²) in [6, 6.07) is 16.5. The number of para-hydroxylation sites is 3. The normalized spacial score (nSPS) is 11.3. The van der Waals surface area contributed by atoms with E-state index < -0.39 is 0 Å². The third kappa shape index (κ3) is 2.55. The lowest BCUT2D eigenvalue weighted by atomic mass is 10.3. The predicted octanol–water partition coefficient (Wildman–Crippen LogP) is 4.15. The summed E-state index contributed by atoms with van der Waals surface area (Å²) in [7, 11) is 0. The summed E-state index contributed by atoms with van der Waals surface area (Å²) in [6.45, 7) is 1.87. The summed E-state index contributed by atoms with van der Waals surface area (Å²) >= 11 is 1.71. The smallest absolute Gasteiger partial charge is 0.183 e. The van der Waals surface area contributed by atoms with Crippen LogP contribution in [0.3, 0.4) is 0 Å². The maximum Gasteiger partial charge on any atom is 0.183 e. The van der Waals surface area contributed by atoms with Gasteiger partial charge in [0, 0.05) is 13.1 Å². The van der Waals surface area contributed by atoms with Crippen molar-refractivity contribution in [2.45, 2.75) is 13.0 Å². The highest BCUT2D eigenvalue weighted by Crippen LogP contribution is 2.25. The van der Waals surface area contributed by atoms with E-state index in [9.17, 15) is 0 Å². The van der Waals surface area contributed by atoms with Gasteiger partial charge in [0.05, 0.1) is 27.6 Å². The lowest BCUT2D eigenvalue weighted by Gasteiger charge is -2.05. The molecule has 0 saturated heterocycles. The van der Waals surface area contributed by atoms with Crippen molar-refractivity contribution >= 4 is 37.7 Å². The fraction of sp³-hybridized carbons (Fsp3) is 0.176. The van der Waals surface area contributed by atoms with E-state index in [4.69, 9.17) is 0 Å². The second-order valence-electron chi connectivity index (χ2n) is 5.19. The Morgan fingerprint density at radius 2 is 1.82 bits per heavy atom. The fourth-order valence-corrected chi connectivity index (χ4v) is 3.47. The molecule has 4 nitrogen and oxygen atoms in total. The van der Waals surface area contributed by atoms with Crippen LogP contribution in [0.5, 0.6) is 0 Å². The molecule has 4 rings (SSSR count). The average Bonchev–Trinajstić information content (AvgIpc) is 3.15. The molecule has 5 heteroatoms. The van der Waals surface area contributed by atoms with Crippen LogP contribution >= 0.6 is 11.3 Å². The van der Waals surface area contributed by atoms with Gasteiger partial charge in [0.25, 0.3) is 0 Å². The zero-order chi connectivity index (χ0) is 14.8. The quantitative estimate of drug-likeness (QED) is 0.563. The summed E-state index contributed by atoms with van der Waals surface area (Å²) in [6.07, 6.45) is 2.96. The molecule has 0 fully saturated rings. The maximum absolute atomic E-state index is 4.59. The first-order valence-corrected chi connectivity index (χ1v) is 8.21. The van der Waals surface area contributed by atoms with Gasteiger partial charge in [-0.2, -0.15) is 0 Å².